The largest absolute Gasteiger partial charge is 0.495 e. The van der Waals surface area contributed by atoms with Crippen LogP contribution in [-0.2, 0) is 19.6 Å². The van der Waals surface area contributed by atoms with Crippen LogP contribution in [0.3, 0.4) is 0 Å². The van der Waals surface area contributed by atoms with Gasteiger partial charge in [-0.2, -0.15) is 0 Å². The molecule has 130 valence electrons. The fraction of sp³-hybridized carbons (Fsp3) is 0.500. The van der Waals surface area contributed by atoms with Crippen molar-refractivity contribution in [3.8, 4) is 5.75 Å². The number of halogens is 1. The number of rotatable bonds is 8. The van der Waals surface area contributed by atoms with E-state index < -0.39 is 15.9 Å². The zero-order valence-corrected chi connectivity index (χ0v) is 15.1. The number of ether oxygens (including phenoxy) is 2. The normalized spacial score (nSPS) is 12.6. The minimum Gasteiger partial charge on any atom is -0.495 e. The summed E-state index contributed by atoms with van der Waals surface area (Å²) in [6.07, 6.45) is 1.02. The van der Waals surface area contributed by atoms with Crippen molar-refractivity contribution < 1.29 is 22.7 Å². The Morgan fingerprint density at radius 1 is 1.39 bits per heavy atom. The predicted molar refractivity (Wildman–Crippen MR) is 89.7 cm³/mol. The first kappa shape index (κ1) is 19.5. The van der Waals surface area contributed by atoms with Gasteiger partial charge in [0.2, 0.25) is 15.9 Å². The van der Waals surface area contributed by atoms with E-state index in [-0.39, 0.29) is 23.3 Å². The molecule has 0 heterocycles. The average Bonchev–Trinajstić information content (AvgIpc) is 2.43. The van der Waals surface area contributed by atoms with E-state index in [1.54, 1.807) is 13.0 Å². The molecule has 0 aliphatic carbocycles. The molecule has 0 aliphatic rings. The van der Waals surface area contributed by atoms with Crippen molar-refractivity contribution >= 4 is 33.2 Å². The third-order valence-corrected chi connectivity index (χ3v) is 4.37. The third kappa shape index (κ3) is 5.89. The summed E-state index contributed by atoms with van der Waals surface area (Å²) in [6, 6.07) is 4.28. The smallest absolute Gasteiger partial charge is 0.241 e. The second kappa shape index (κ2) is 8.37. The molecule has 7 nitrogen and oxygen atoms in total. The molecule has 23 heavy (non-hydrogen) atoms. The van der Waals surface area contributed by atoms with Crippen molar-refractivity contribution in [3.63, 3.8) is 0 Å². The van der Waals surface area contributed by atoms with Crippen LogP contribution in [0.25, 0.3) is 0 Å². The van der Waals surface area contributed by atoms with Crippen LogP contribution in [0.15, 0.2) is 18.2 Å². The molecule has 1 N–H and O–H groups in total. The molecule has 0 fully saturated rings. The van der Waals surface area contributed by atoms with Gasteiger partial charge >= 0.3 is 0 Å². The van der Waals surface area contributed by atoms with Crippen LogP contribution in [0.2, 0.25) is 5.02 Å². The molecule has 1 atom stereocenters. The van der Waals surface area contributed by atoms with Crippen molar-refractivity contribution in [1.82, 2.24) is 5.32 Å². The molecule has 0 spiro atoms. The van der Waals surface area contributed by atoms with E-state index in [1.807, 2.05) is 0 Å². The minimum atomic E-state index is -3.66. The summed E-state index contributed by atoms with van der Waals surface area (Å²) in [5.74, 6) is -0.0195. The Bertz CT molecular complexity index is 651. The summed E-state index contributed by atoms with van der Waals surface area (Å²) in [6.45, 7) is 1.74. The molecule has 1 rings (SSSR count). The SMILES string of the molecule is COC[C@@H](C)NC(=O)CN(c1ccc(OC)c(Cl)c1)S(C)(=O)=O. The summed E-state index contributed by atoms with van der Waals surface area (Å²) < 4.78 is 34.9. The quantitative estimate of drug-likeness (QED) is 0.750. The maximum Gasteiger partial charge on any atom is 0.241 e. The highest BCUT2D eigenvalue weighted by atomic mass is 35.5. The maximum absolute atomic E-state index is 12.0. The number of nitrogens with zero attached hydrogens (tertiary/aromatic N) is 1. The highest BCUT2D eigenvalue weighted by Crippen LogP contribution is 2.30. The van der Waals surface area contributed by atoms with Gasteiger partial charge in [0.05, 0.1) is 30.7 Å². The average molecular weight is 365 g/mol. The van der Waals surface area contributed by atoms with E-state index in [1.165, 1.54) is 26.4 Å². The number of nitrogens with one attached hydrogen (secondary N) is 1. The minimum absolute atomic E-state index is 0.228. The molecular formula is C14H21ClN2O5S. The van der Waals surface area contributed by atoms with E-state index >= 15 is 0 Å². The van der Waals surface area contributed by atoms with Crippen LogP contribution >= 0.6 is 11.6 Å². The lowest BCUT2D eigenvalue weighted by molar-refractivity contribution is -0.120. The lowest BCUT2D eigenvalue weighted by Crippen LogP contribution is -2.44. The lowest BCUT2D eigenvalue weighted by atomic mass is 10.3. The van der Waals surface area contributed by atoms with Crippen molar-refractivity contribution in [2.45, 2.75) is 13.0 Å². The Morgan fingerprint density at radius 3 is 2.52 bits per heavy atom. The molecule has 0 bridgehead atoms. The van der Waals surface area contributed by atoms with Gasteiger partial charge in [-0.25, -0.2) is 8.42 Å². The molecular weight excluding hydrogens is 344 g/mol. The van der Waals surface area contributed by atoms with E-state index in [9.17, 15) is 13.2 Å². The van der Waals surface area contributed by atoms with E-state index in [2.05, 4.69) is 5.32 Å². The number of anilines is 1. The number of hydrogen-bond acceptors (Lipinski definition) is 5. The monoisotopic (exact) mass is 364 g/mol. The van der Waals surface area contributed by atoms with Gasteiger partial charge in [-0.05, 0) is 25.1 Å². The van der Waals surface area contributed by atoms with E-state index in [0.717, 1.165) is 10.6 Å². The van der Waals surface area contributed by atoms with Crippen LogP contribution in [0, 0.1) is 0 Å². The Hall–Kier alpha value is -1.51. The fourth-order valence-electron chi connectivity index (χ4n) is 1.95. The number of hydrogen-bond donors (Lipinski definition) is 1. The van der Waals surface area contributed by atoms with Gasteiger partial charge < -0.3 is 14.8 Å². The van der Waals surface area contributed by atoms with Gasteiger partial charge in [-0.15, -0.1) is 0 Å². The van der Waals surface area contributed by atoms with Gasteiger partial charge in [0.1, 0.15) is 12.3 Å². The number of benzene rings is 1. The number of amides is 1. The van der Waals surface area contributed by atoms with Gasteiger partial charge in [0.15, 0.2) is 0 Å². The molecule has 0 radical (unpaired) electrons. The summed E-state index contributed by atoms with van der Waals surface area (Å²) >= 11 is 6.02. The standard InChI is InChI=1S/C14H21ClN2O5S/c1-10(9-21-2)16-14(18)8-17(23(4,19)20)11-5-6-13(22-3)12(15)7-11/h5-7,10H,8-9H2,1-4H3,(H,16,18)/t10-/m1/s1. The molecule has 1 aromatic rings. The molecule has 0 saturated heterocycles. The molecule has 0 unspecified atom stereocenters. The summed E-state index contributed by atoms with van der Waals surface area (Å²) in [5, 5.41) is 2.92. The summed E-state index contributed by atoms with van der Waals surface area (Å²) in [4.78, 5) is 12.0. The molecule has 1 amide bonds. The van der Waals surface area contributed by atoms with Crippen molar-refractivity contribution in [2.24, 2.45) is 0 Å². The number of carbonyl (C=O) groups excluding carboxylic acids is 1. The van der Waals surface area contributed by atoms with Crippen molar-refractivity contribution in [3.05, 3.63) is 23.2 Å². The van der Waals surface area contributed by atoms with Crippen LogP contribution in [0.4, 0.5) is 5.69 Å². The van der Waals surface area contributed by atoms with Crippen molar-refractivity contribution in [1.29, 1.82) is 0 Å². The van der Waals surface area contributed by atoms with Gasteiger partial charge in [0.25, 0.3) is 0 Å². The van der Waals surface area contributed by atoms with E-state index in [0.29, 0.717) is 12.4 Å². The third-order valence-electron chi connectivity index (χ3n) is 2.93. The number of methoxy groups -OCH3 is 2. The number of carbonyl (C=O) groups is 1. The van der Waals surface area contributed by atoms with Crippen LogP contribution < -0.4 is 14.4 Å². The Morgan fingerprint density at radius 2 is 2.04 bits per heavy atom. The first-order chi connectivity index (χ1) is 10.7. The van der Waals surface area contributed by atoms with Crippen molar-refractivity contribution in [2.75, 3.05) is 37.9 Å². The predicted octanol–water partition coefficient (Wildman–Crippen LogP) is 1.27. The molecule has 0 saturated carbocycles. The van der Waals surface area contributed by atoms with Gasteiger partial charge in [0, 0.05) is 13.2 Å². The summed E-state index contributed by atoms with van der Waals surface area (Å²) in [7, 11) is -0.679. The van der Waals surface area contributed by atoms with E-state index in [4.69, 9.17) is 21.1 Å². The van der Waals surface area contributed by atoms with Gasteiger partial charge in [-0.1, -0.05) is 11.6 Å². The molecule has 0 aliphatic heterocycles. The fourth-order valence-corrected chi connectivity index (χ4v) is 3.05. The van der Waals surface area contributed by atoms with Gasteiger partial charge in [-0.3, -0.25) is 9.10 Å². The van der Waals surface area contributed by atoms with Crippen LogP contribution in [0.1, 0.15) is 6.92 Å². The second-order valence-electron chi connectivity index (χ2n) is 5.01. The molecule has 1 aromatic carbocycles. The maximum atomic E-state index is 12.0. The zero-order chi connectivity index (χ0) is 17.6. The number of sulfonamides is 1. The first-order valence-corrected chi connectivity index (χ1v) is 9.01. The highest BCUT2D eigenvalue weighted by Gasteiger charge is 2.22. The Labute approximate surface area is 141 Å². The molecule has 9 heteroatoms. The second-order valence-corrected chi connectivity index (χ2v) is 7.33. The Balaban J connectivity index is 2.98. The summed E-state index contributed by atoms with van der Waals surface area (Å²) in [5.41, 5.74) is 0.285. The van der Waals surface area contributed by atoms with Crippen LogP contribution in [-0.4, -0.2) is 54.0 Å². The topological polar surface area (TPSA) is 84.9 Å². The Kier molecular flexibility index (Phi) is 7.11. The lowest BCUT2D eigenvalue weighted by Gasteiger charge is -2.23. The first-order valence-electron chi connectivity index (χ1n) is 6.78. The van der Waals surface area contributed by atoms with Crippen LogP contribution in [0.5, 0.6) is 5.75 Å². The molecule has 0 aromatic heterocycles. The zero-order valence-electron chi connectivity index (χ0n) is 13.5. The highest BCUT2D eigenvalue weighted by molar-refractivity contribution is 7.92.